The van der Waals surface area contributed by atoms with E-state index in [2.05, 4.69) is 45.7 Å². The summed E-state index contributed by atoms with van der Waals surface area (Å²) in [5.41, 5.74) is 3.34. The largest absolute Gasteiger partial charge is 0.477 e. The molecule has 1 aliphatic carbocycles. The first-order valence-electron chi connectivity index (χ1n) is 14.4. The van der Waals surface area contributed by atoms with Crippen molar-refractivity contribution in [2.45, 2.75) is 91.0 Å². The number of anilines is 1. The summed E-state index contributed by atoms with van der Waals surface area (Å²) in [5, 5.41) is 9.34. The maximum Gasteiger partial charge on any atom is 0.354 e. The van der Waals surface area contributed by atoms with Crippen LogP contribution in [0.5, 0.6) is 0 Å². The van der Waals surface area contributed by atoms with Gasteiger partial charge in [-0.25, -0.2) is 14.8 Å². The number of hydrogen-bond acceptors (Lipinski definition) is 6. The Morgan fingerprint density at radius 3 is 2.35 bits per heavy atom. The summed E-state index contributed by atoms with van der Waals surface area (Å²) in [5.74, 6) is 0.117. The van der Waals surface area contributed by atoms with Crippen LogP contribution in [0.4, 0.5) is 5.82 Å². The number of piperazine rings is 1. The molecule has 2 fully saturated rings. The fraction of sp³-hybridized carbons (Fsp3) is 0.562. The third-order valence-corrected chi connectivity index (χ3v) is 8.70. The van der Waals surface area contributed by atoms with Crippen LogP contribution in [0.2, 0.25) is 0 Å². The second-order valence-electron chi connectivity index (χ2n) is 14.0. The third-order valence-electron chi connectivity index (χ3n) is 8.70. The van der Waals surface area contributed by atoms with Crippen molar-refractivity contribution in [1.29, 1.82) is 0 Å². The summed E-state index contributed by atoms with van der Waals surface area (Å²) in [4.78, 5) is 38.5. The number of aromatic carboxylic acids is 1. The molecule has 8 nitrogen and oxygen atoms in total. The van der Waals surface area contributed by atoms with Crippen molar-refractivity contribution < 1.29 is 19.1 Å². The minimum absolute atomic E-state index is 0.00884. The Morgan fingerprint density at radius 1 is 1.02 bits per heavy atom. The minimum Gasteiger partial charge on any atom is -0.477 e. The van der Waals surface area contributed by atoms with Gasteiger partial charge in [0, 0.05) is 42.9 Å². The van der Waals surface area contributed by atoms with Gasteiger partial charge in [0.1, 0.15) is 11.3 Å². The Hall–Kier alpha value is -3.42. The van der Waals surface area contributed by atoms with E-state index >= 15 is 0 Å². The molecule has 40 heavy (non-hydrogen) atoms. The van der Waals surface area contributed by atoms with Gasteiger partial charge in [0.2, 0.25) is 0 Å². The zero-order valence-corrected chi connectivity index (χ0v) is 24.9. The summed E-state index contributed by atoms with van der Waals surface area (Å²) in [6.45, 7) is 16.8. The summed E-state index contributed by atoms with van der Waals surface area (Å²) in [6.07, 6.45) is 4.63. The number of furan rings is 1. The Balaban J connectivity index is 1.42. The molecule has 5 rings (SSSR count). The van der Waals surface area contributed by atoms with Crippen LogP contribution in [-0.2, 0) is 5.41 Å². The Labute approximate surface area is 236 Å². The molecule has 0 bridgehead atoms. The molecule has 2 aliphatic rings. The fourth-order valence-corrected chi connectivity index (χ4v) is 6.19. The molecule has 0 atom stereocenters. The molecular formula is C32H42N4O4. The number of fused-ring (bicyclic) bond motifs is 1. The van der Waals surface area contributed by atoms with Crippen molar-refractivity contribution in [2.75, 3.05) is 24.5 Å². The standard InChI is InChI=1S/C32H42N4O4/c1-30(2,3)21-17-23(20-11-13-31(4,5)14-12-20)33-24-18-25(40-27(21)24)28(37)36-16-15-35(19-32(36,6)7)26-10-8-9-22(34-26)29(38)39/h8-10,17-18,20H,11-16,19H2,1-7H3,(H,38,39). The van der Waals surface area contributed by atoms with Gasteiger partial charge in [-0.3, -0.25) is 4.79 Å². The molecule has 0 spiro atoms. The van der Waals surface area contributed by atoms with Gasteiger partial charge in [-0.2, -0.15) is 0 Å². The number of rotatable bonds is 4. The van der Waals surface area contributed by atoms with E-state index in [0.717, 1.165) is 29.6 Å². The normalized spacial score (nSPS) is 19.7. The first-order valence-corrected chi connectivity index (χ1v) is 14.4. The molecule has 3 aromatic heterocycles. The van der Waals surface area contributed by atoms with E-state index in [1.54, 1.807) is 6.07 Å². The molecule has 4 heterocycles. The predicted molar refractivity (Wildman–Crippen MR) is 156 cm³/mol. The monoisotopic (exact) mass is 546 g/mol. The van der Waals surface area contributed by atoms with E-state index < -0.39 is 11.5 Å². The smallest absolute Gasteiger partial charge is 0.354 e. The second kappa shape index (κ2) is 9.89. The van der Waals surface area contributed by atoms with Gasteiger partial charge in [0.05, 0.1) is 5.54 Å². The highest BCUT2D eigenvalue weighted by molar-refractivity contribution is 5.96. The number of carbonyl (C=O) groups excluding carboxylic acids is 1. The quantitative estimate of drug-likeness (QED) is 0.391. The van der Waals surface area contributed by atoms with Gasteiger partial charge >= 0.3 is 5.97 Å². The van der Waals surface area contributed by atoms with Crippen LogP contribution in [0, 0.1) is 5.41 Å². The summed E-state index contributed by atoms with van der Waals surface area (Å²) in [7, 11) is 0. The van der Waals surface area contributed by atoms with Crippen LogP contribution in [0.15, 0.2) is 34.7 Å². The molecule has 1 aliphatic heterocycles. The van der Waals surface area contributed by atoms with Crippen LogP contribution >= 0.6 is 0 Å². The summed E-state index contributed by atoms with van der Waals surface area (Å²) in [6, 6.07) is 9.03. The third kappa shape index (κ3) is 5.45. The molecule has 3 aromatic rings. The highest BCUT2D eigenvalue weighted by Gasteiger charge is 2.39. The molecule has 1 amide bonds. The topological polar surface area (TPSA) is 99.8 Å². The summed E-state index contributed by atoms with van der Waals surface area (Å²) >= 11 is 0. The maximum absolute atomic E-state index is 13.9. The van der Waals surface area contributed by atoms with Crippen LogP contribution in [0.25, 0.3) is 11.1 Å². The number of carboxylic acids is 1. The number of carbonyl (C=O) groups is 2. The zero-order valence-electron chi connectivity index (χ0n) is 24.9. The first kappa shape index (κ1) is 28.1. The lowest BCUT2D eigenvalue weighted by Crippen LogP contribution is -2.61. The molecule has 1 N–H and O–H groups in total. The highest BCUT2D eigenvalue weighted by atomic mass is 16.4. The molecule has 214 valence electrons. The lowest BCUT2D eigenvalue weighted by atomic mass is 9.72. The van der Waals surface area contributed by atoms with Crippen molar-refractivity contribution in [1.82, 2.24) is 14.9 Å². The van der Waals surface area contributed by atoms with E-state index in [1.807, 2.05) is 35.8 Å². The maximum atomic E-state index is 13.9. The number of amides is 1. The fourth-order valence-electron chi connectivity index (χ4n) is 6.19. The predicted octanol–water partition coefficient (Wildman–Crippen LogP) is 6.64. The summed E-state index contributed by atoms with van der Waals surface area (Å²) < 4.78 is 6.32. The van der Waals surface area contributed by atoms with Gasteiger partial charge in [0.25, 0.3) is 5.91 Å². The van der Waals surface area contributed by atoms with E-state index in [1.165, 1.54) is 18.9 Å². The van der Waals surface area contributed by atoms with Gasteiger partial charge in [0.15, 0.2) is 17.0 Å². The van der Waals surface area contributed by atoms with Crippen molar-refractivity contribution in [3.05, 3.63) is 53.0 Å². The van der Waals surface area contributed by atoms with E-state index in [0.29, 0.717) is 48.1 Å². The van der Waals surface area contributed by atoms with Crippen LogP contribution in [0.1, 0.15) is 112 Å². The number of pyridine rings is 2. The lowest BCUT2D eigenvalue weighted by molar-refractivity contribution is 0.0483. The Morgan fingerprint density at radius 2 is 1.73 bits per heavy atom. The molecule has 8 heteroatoms. The minimum atomic E-state index is -1.06. The molecule has 1 saturated carbocycles. The average molecular weight is 547 g/mol. The molecule has 0 aromatic carbocycles. The van der Waals surface area contributed by atoms with Crippen molar-refractivity contribution in [3.63, 3.8) is 0 Å². The van der Waals surface area contributed by atoms with Gasteiger partial charge in [-0.1, -0.05) is 40.7 Å². The van der Waals surface area contributed by atoms with Gasteiger partial charge < -0.3 is 19.3 Å². The Bertz CT molecular complexity index is 1440. The number of carboxylic acid groups (broad SMARTS) is 1. The highest BCUT2D eigenvalue weighted by Crippen LogP contribution is 2.43. The van der Waals surface area contributed by atoms with E-state index in [-0.39, 0.29) is 17.0 Å². The lowest BCUT2D eigenvalue weighted by Gasteiger charge is -2.47. The molecule has 1 saturated heterocycles. The molecular weight excluding hydrogens is 504 g/mol. The number of hydrogen-bond donors (Lipinski definition) is 1. The molecule has 0 unspecified atom stereocenters. The molecule has 0 radical (unpaired) electrons. The van der Waals surface area contributed by atoms with Gasteiger partial charge in [-0.15, -0.1) is 0 Å². The van der Waals surface area contributed by atoms with Crippen LogP contribution < -0.4 is 4.90 Å². The first-order chi connectivity index (χ1) is 18.6. The van der Waals surface area contributed by atoms with Crippen molar-refractivity contribution in [3.8, 4) is 0 Å². The van der Waals surface area contributed by atoms with E-state index in [9.17, 15) is 14.7 Å². The number of aromatic nitrogens is 2. The van der Waals surface area contributed by atoms with Crippen LogP contribution in [0.3, 0.4) is 0 Å². The SMILES string of the molecule is CC1(C)CCC(c2cc(C(C)(C)C)c3oc(C(=O)N4CCN(c5cccc(C(=O)O)n5)CC4(C)C)cc3n2)CC1. The van der Waals surface area contributed by atoms with Crippen LogP contribution in [-0.4, -0.2) is 57.0 Å². The van der Waals surface area contributed by atoms with E-state index in [4.69, 9.17) is 9.40 Å². The Kier molecular flexibility index (Phi) is 6.95. The van der Waals surface area contributed by atoms with Crippen molar-refractivity contribution in [2.24, 2.45) is 5.41 Å². The van der Waals surface area contributed by atoms with Gasteiger partial charge in [-0.05, 0) is 68.6 Å². The van der Waals surface area contributed by atoms with Crippen molar-refractivity contribution >= 4 is 28.8 Å². The average Bonchev–Trinajstić information content (AvgIpc) is 3.31. The second-order valence-corrected chi connectivity index (χ2v) is 14.0. The zero-order chi connectivity index (χ0) is 29.0. The number of nitrogens with zero attached hydrogens (tertiary/aromatic N) is 4.